The zero-order valence-corrected chi connectivity index (χ0v) is 11.7. The fourth-order valence-electron chi connectivity index (χ4n) is 1.77. The van der Waals surface area contributed by atoms with Crippen LogP contribution in [0.1, 0.15) is 10.4 Å². The molecule has 2 heterocycles. The number of nitrogens with two attached hydrogens (primary N) is 1. The molecule has 0 aliphatic heterocycles. The van der Waals surface area contributed by atoms with Crippen molar-refractivity contribution >= 4 is 43.4 Å². The van der Waals surface area contributed by atoms with Crippen LogP contribution in [0.25, 0.3) is 11.0 Å². The Bertz CT molecular complexity index is 710. The molecule has 0 atom stereocenters. The summed E-state index contributed by atoms with van der Waals surface area (Å²) < 4.78 is 0.986. The Balaban J connectivity index is 2.04. The average molecular weight is 321 g/mol. The molecule has 0 aliphatic rings. The fraction of sp³-hybridized carbons (Fsp3) is 0.0833. The maximum absolute atomic E-state index is 5.63. The topological polar surface area (TPSA) is 64.7 Å². The number of nitrogen functional groups attached to an aromatic ring is 1. The lowest BCUT2D eigenvalue weighted by atomic mass is 10.1. The maximum atomic E-state index is 5.63. The lowest BCUT2D eigenvalue weighted by Gasteiger charge is -2.05. The maximum Gasteiger partial charge on any atom is 0.180 e. The van der Waals surface area contributed by atoms with Crippen LogP contribution in [-0.4, -0.2) is 15.0 Å². The fourth-order valence-corrected chi connectivity index (χ4v) is 3.06. The molecule has 6 heteroatoms. The minimum absolute atomic E-state index is 0.599. The van der Waals surface area contributed by atoms with Gasteiger partial charge in [-0.25, -0.2) is 4.98 Å². The van der Waals surface area contributed by atoms with Gasteiger partial charge in [-0.05, 0) is 27.6 Å². The highest BCUT2D eigenvalue weighted by atomic mass is 79.9. The minimum Gasteiger partial charge on any atom is -0.375 e. The van der Waals surface area contributed by atoms with Gasteiger partial charge in [-0.2, -0.15) is 0 Å². The van der Waals surface area contributed by atoms with Crippen molar-refractivity contribution in [2.75, 3.05) is 5.73 Å². The molecule has 0 saturated heterocycles. The highest BCUT2D eigenvalue weighted by Gasteiger charge is 2.09. The molecule has 0 aliphatic carbocycles. The van der Waals surface area contributed by atoms with Crippen LogP contribution in [0.15, 0.2) is 35.2 Å². The lowest BCUT2D eigenvalue weighted by molar-refractivity contribution is 1.19. The molecule has 0 spiro atoms. The van der Waals surface area contributed by atoms with Gasteiger partial charge in [0, 0.05) is 34.4 Å². The van der Waals surface area contributed by atoms with E-state index >= 15 is 0 Å². The van der Waals surface area contributed by atoms with Crippen LogP contribution in [0.4, 0.5) is 5.13 Å². The monoisotopic (exact) mass is 320 g/mol. The molecule has 2 aromatic heterocycles. The van der Waals surface area contributed by atoms with Crippen LogP contribution in [0.3, 0.4) is 0 Å². The van der Waals surface area contributed by atoms with E-state index in [2.05, 4.69) is 36.9 Å². The molecular formula is C12H9BrN4S. The van der Waals surface area contributed by atoms with Gasteiger partial charge in [0.2, 0.25) is 0 Å². The summed E-state index contributed by atoms with van der Waals surface area (Å²) in [6, 6.07) is 4.03. The number of hydrogen-bond donors (Lipinski definition) is 1. The summed E-state index contributed by atoms with van der Waals surface area (Å²) in [4.78, 5) is 13.8. The van der Waals surface area contributed by atoms with Crippen molar-refractivity contribution in [3.05, 3.63) is 45.6 Å². The zero-order valence-electron chi connectivity index (χ0n) is 9.30. The molecule has 90 valence electrons. The van der Waals surface area contributed by atoms with E-state index < -0.39 is 0 Å². The summed E-state index contributed by atoms with van der Waals surface area (Å²) in [5, 5.41) is 0.599. The Morgan fingerprint density at radius 1 is 1.17 bits per heavy atom. The van der Waals surface area contributed by atoms with Crippen LogP contribution in [0.2, 0.25) is 0 Å². The van der Waals surface area contributed by atoms with Crippen molar-refractivity contribution in [1.29, 1.82) is 0 Å². The summed E-state index contributed by atoms with van der Waals surface area (Å²) in [6.07, 6.45) is 6.00. The molecule has 0 saturated carbocycles. The Kier molecular flexibility index (Phi) is 2.97. The van der Waals surface area contributed by atoms with Gasteiger partial charge in [-0.1, -0.05) is 6.07 Å². The first-order chi connectivity index (χ1) is 8.74. The van der Waals surface area contributed by atoms with Gasteiger partial charge in [-0.3, -0.25) is 9.97 Å². The summed E-state index contributed by atoms with van der Waals surface area (Å²) in [7, 11) is 0. The Morgan fingerprint density at radius 2 is 2.00 bits per heavy atom. The van der Waals surface area contributed by atoms with Gasteiger partial charge in [0.25, 0.3) is 0 Å². The summed E-state index contributed by atoms with van der Waals surface area (Å²) in [5.41, 5.74) is 8.56. The molecule has 4 nitrogen and oxygen atoms in total. The first-order valence-corrected chi connectivity index (χ1v) is 6.93. The molecule has 0 bridgehead atoms. The molecule has 18 heavy (non-hydrogen) atoms. The predicted molar refractivity (Wildman–Crippen MR) is 76.6 cm³/mol. The third-order valence-corrected chi connectivity index (χ3v) is 4.31. The van der Waals surface area contributed by atoms with Crippen molar-refractivity contribution in [2.24, 2.45) is 0 Å². The van der Waals surface area contributed by atoms with Gasteiger partial charge in [0.05, 0.1) is 5.52 Å². The normalized spacial score (nSPS) is 10.9. The molecule has 0 radical (unpaired) electrons. The third kappa shape index (κ3) is 2.09. The van der Waals surface area contributed by atoms with Crippen LogP contribution in [0.5, 0.6) is 0 Å². The second-order valence-corrected chi connectivity index (χ2v) is 5.74. The van der Waals surface area contributed by atoms with Crippen molar-refractivity contribution in [1.82, 2.24) is 15.0 Å². The van der Waals surface area contributed by atoms with Crippen LogP contribution in [0, 0.1) is 0 Å². The average Bonchev–Trinajstić information content (AvgIpc) is 2.79. The third-order valence-electron chi connectivity index (χ3n) is 2.59. The Morgan fingerprint density at radius 3 is 2.78 bits per heavy atom. The van der Waals surface area contributed by atoms with E-state index in [-0.39, 0.29) is 0 Å². The number of nitrogens with zero attached hydrogens (tertiary/aromatic N) is 3. The number of aromatic nitrogens is 3. The second-order valence-electron chi connectivity index (χ2n) is 3.80. The molecule has 0 fully saturated rings. The van der Waals surface area contributed by atoms with Gasteiger partial charge in [0.15, 0.2) is 5.13 Å². The number of benzene rings is 1. The van der Waals surface area contributed by atoms with E-state index in [4.69, 9.17) is 5.73 Å². The highest BCUT2D eigenvalue weighted by Crippen LogP contribution is 2.28. The molecule has 3 aromatic rings. The van der Waals surface area contributed by atoms with Crippen LogP contribution in [-0.2, 0) is 6.42 Å². The molecule has 0 amide bonds. The largest absolute Gasteiger partial charge is 0.375 e. The number of thiazole rings is 1. The number of anilines is 1. The summed E-state index contributed by atoms with van der Waals surface area (Å²) in [5.74, 6) is 0. The minimum atomic E-state index is 0.599. The molecular weight excluding hydrogens is 312 g/mol. The van der Waals surface area contributed by atoms with Gasteiger partial charge in [0.1, 0.15) is 5.52 Å². The standard InChI is InChI=1S/C12H9BrN4S/c13-10-7(5-8-6-17-12(14)18-8)1-2-9-11(10)16-4-3-15-9/h1-4,6H,5H2,(H2,14,17). The smallest absolute Gasteiger partial charge is 0.180 e. The summed E-state index contributed by atoms with van der Waals surface area (Å²) >= 11 is 5.10. The Hall–Kier alpha value is -1.53. The van der Waals surface area contributed by atoms with Gasteiger partial charge < -0.3 is 5.73 Å². The lowest BCUT2D eigenvalue weighted by Crippen LogP contribution is -1.91. The number of halogens is 1. The van der Waals surface area contributed by atoms with Crippen molar-refractivity contribution < 1.29 is 0 Å². The molecule has 3 rings (SSSR count). The van der Waals surface area contributed by atoms with Crippen LogP contribution < -0.4 is 5.73 Å². The molecule has 0 unspecified atom stereocenters. The molecule has 2 N–H and O–H groups in total. The van der Waals surface area contributed by atoms with Crippen molar-refractivity contribution in [2.45, 2.75) is 6.42 Å². The SMILES string of the molecule is Nc1ncc(Cc2ccc3nccnc3c2Br)s1. The predicted octanol–water partition coefficient (Wildman–Crippen LogP) is 3.02. The first-order valence-electron chi connectivity index (χ1n) is 5.32. The van der Waals surface area contributed by atoms with E-state index in [9.17, 15) is 0 Å². The van der Waals surface area contributed by atoms with Crippen molar-refractivity contribution in [3.63, 3.8) is 0 Å². The Labute approximate surface area is 116 Å². The van der Waals surface area contributed by atoms with E-state index in [1.54, 1.807) is 12.4 Å². The zero-order chi connectivity index (χ0) is 12.5. The van der Waals surface area contributed by atoms with E-state index in [0.29, 0.717) is 5.13 Å². The number of fused-ring (bicyclic) bond motifs is 1. The second kappa shape index (κ2) is 4.62. The molecule has 1 aromatic carbocycles. The van der Waals surface area contributed by atoms with Gasteiger partial charge in [-0.15, -0.1) is 11.3 Å². The quantitative estimate of drug-likeness (QED) is 0.788. The first kappa shape index (κ1) is 11.6. The number of hydrogen-bond acceptors (Lipinski definition) is 5. The van der Waals surface area contributed by atoms with Crippen LogP contribution >= 0.6 is 27.3 Å². The van der Waals surface area contributed by atoms with E-state index in [1.165, 1.54) is 11.3 Å². The number of rotatable bonds is 2. The van der Waals surface area contributed by atoms with Crippen molar-refractivity contribution in [3.8, 4) is 0 Å². The highest BCUT2D eigenvalue weighted by molar-refractivity contribution is 9.10. The van der Waals surface area contributed by atoms with E-state index in [1.807, 2.05) is 12.3 Å². The van der Waals surface area contributed by atoms with Gasteiger partial charge >= 0.3 is 0 Å². The van der Waals surface area contributed by atoms with E-state index in [0.717, 1.165) is 32.4 Å². The summed E-state index contributed by atoms with van der Waals surface area (Å²) in [6.45, 7) is 0.